The number of hydrogen-bond donors (Lipinski definition) is 5. The molecule has 0 aromatic heterocycles. The number of carboxylic acid groups (broad SMARTS) is 1. The van der Waals surface area contributed by atoms with E-state index in [-0.39, 0.29) is 6.42 Å². The van der Waals surface area contributed by atoms with Gasteiger partial charge >= 0.3 is 5.97 Å². The standard InChI is InChI=1S/C14H26O7/c1-2-3-4-5-6-7-8-9(15)10(16)11(17)12(18)13(19)14(20)21/h10-13,16-19H,2-8H2,1H3,(H,20,21)/t10-,11+,12-,13-/m0/s1/i7D/t7?,10-,11+,12-,13-. The predicted molar refractivity (Wildman–Crippen MR) is 74.7 cm³/mol. The number of Topliss-reactive ketones (excluding diaryl/α,β-unsaturated/α-hetero) is 1. The lowest BCUT2D eigenvalue weighted by Gasteiger charge is -2.23. The largest absolute Gasteiger partial charge is 0.479 e. The van der Waals surface area contributed by atoms with Crippen LogP contribution in [0.2, 0.25) is 0 Å². The molecule has 0 aromatic carbocycles. The van der Waals surface area contributed by atoms with Crippen molar-refractivity contribution < 1.29 is 36.5 Å². The lowest BCUT2D eigenvalue weighted by Crippen LogP contribution is -2.50. The normalized spacial score (nSPS) is 19.2. The third kappa shape index (κ3) is 7.52. The number of carbonyl (C=O) groups excluding carboxylic acids is 1. The highest BCUT2D eigenvalue weighted by Gasteiger charge is 2.36. The zero-order valence-electron chi connectivity index (χ0n) is 13.2. The Labute approximate surface area is 125 Å². The molecule has 7 nitrogen and oxygen atoms in total. The second-order valence-corrected chi connectivity index (χ2v) is 5.02. The van der Waals surface area contributed by atoms with Crippen molar-refractivity contribution in [2.75, 3.05) is 0 Å². The molecule has 0 saturated carbocycles. The summed E-state index contributed by atoms with van der Waals surface area (Å²) >= 11 is 0. The molecule has 0 spiro atoms. The average molecular weight is 307 g/mol. The number of rotatable bonds is 12. The van der Waals surface area contributed by atoms with E-state index in [1.54, 1.807) is 0 Å². The van der Waals surface area contributed by atoms with Gasteiger partial charge in [0.05, 0.1) is 0 Å². The molecule has 21 heavy (non-hydrogen) atoms. The highest BCUT2D eigenvalue weighted by Crippen LogP contribution is 2.12. The van der Waals surface area contributed by atoms with Crippen LogP contribution in [0.25, 0.3) is 0 Å². The molecular weight excluding hydrogens is 280 g/mol. The Hall–Kier alpha value is -1.02. The molecular formula is C14H26O7. The topological polar surface area (TPSA) is 135 Å². The fourth-order valence-electron chi connectivity index (χ4n) is 1.79. The molecule has 5 N–H and O–H groups in total. The van der Waals surface area contributed by atoms with E-state index in [4.69, 9.17) is 11.6 Å². The molecule has 0 bridgehead atoms. The van der Waals surface area contributed by atoms with Crippen LogP contribution in [-0.4, -0.2) is 61.7 Å². The molecule has 1 unspecified atom stereocenters. The van der Waals surface area contributed by atoms with Crippen molar-refractivity contribution in [2.24, 2.45) is 0 Å². The number of carboxylic acids is 1. The minimum atomic E-state index is -2.31. The van der Waals surface area contributed by atoms with E-state index >= 15 is 0 Å². The summed E-state index contributed by atoms with van der Waals surface area (Å²) in [5.74, 6) is -2.64. The van der Waals surface area contributed by atoms with E-state index in [1.807, 2.05) is 0 Å². The fraction of sp³-hybridized carbons (Fsp3) is 0.857. The van der Waals surface area contributed by atoms with Crippen molar-refractivity contribution in [1.82, 2.24) is 0 Å². The first-order chi connectivity index (χ1) is 10.2. The SMILES string of the molecule is [2H]C(CCCCCC)CC(=O)[C@H](O)[C@@H](O)[C@H](O)[C@H](O)C(=O)O. The molecule has 5 atom stereocenters. The zero-order chi connectivity index (χ0) is 17.3. The average Bonchev–Trinajstić information content (AvgIpc) is 2.48. The van der Waals surface area contributed by atoms with Crippen molar-refractivity contribution in [3.8, 4) is 0 Å². The van der Waals surface area contributed by atoms with Crippen molar-refractivity contribution in [3.05, 3.63) is 0 Å². The van der Waals surface area contributed by atoms with Crippen molar-refractivity contribution >= 4 is 11.8 Å². The molecule has 0 aliphatic heterocycles. The summed E-state index contributed by atoms with van der Waals surface area (Å²) in [4.78, 5) is 22.2. The molecule has 0 aromatic rings. The van der Waals surface area contributed by atoms with Crippen molar-refractivity contribution in [3.63, 3.8) is 0 Å². The van der Waals surface area contributed by atoms with Gasteiger partial charge in [-0.05, 0) is 6.40 Å². The number of unbranched alkanes of at least 4 members (excludes halogenated alkanes) is 3. The minimum absolute atomic E-state index is 0.305. The van der Waals surface area contributed by atoms with Gasteiger partial charge in [-0.15, -0.1) is 0 Å². The highest BCUT2D eigenvalue weighted by atomic mass is 16.4. The summed E-state index contributed by atoms with van der Waals surface area (Å²) in [6.45, 7) is 2.05. The first kappa shape index (κ1) is 18.0. The second-order valence-electron chi connectivity index (χ2n) is 5.02. The van der Waals surface area contributed by atoms with Gasteiger partial charge in [0.1, 0.15) is 18.3 Å². The first-order valence-electron chi connectivity index (χ1n) is 7.70. The van der Waals surface area contributed by atoms with E-state index in [0.29, 0.717) is 6.42 Å². The summed E-state index contributed by atoms with van der Waals surface area (Å²) in [7, 11) is 0. The summed E-state index contributed by atoms with van der Waals surface area (Å²) in [5.41, 5.74) is 0. The number of ketones is 1. The van der Waals surface area contributed by atoms with Crippen molar-refractivity contribution in [2.45, 2.75) is 76.3 Å². The maximum atomic E-state index is 11.7. The van der Waals surface area contributed by atoms with Crippen molar-refractivity contribution in [1.29, 1.82) is 0 Å². The summed E-state index contributed by atoms with van der Waals surface area (Å²) in [6.07, 6.45) is -5.37. The molecule has 7 heteroatoms. The van der Waals surface area contributed by atoms with Crippen LogP contribution in [0, 0.1) is 0 Å². The number of hydrogen-bond acceptors (Lipinski definition) is 6. The Bertz CT molecular complexity index is 350. The van der Waals surface area contributed by atoms with Gasteiger partial charge in [0.15, 0.2) is 11.9 Å². The molecule has 0 rings (SSSR count). The monoisotopic (exact) mass is 307 g/mol. The molecule has 0 heterocycles. The first-order valence-corrected chi connectivity index (χ1v) is 7.12. The Morgan fingerprint density at radius 1 is 0.952 bits per heavy atom. The maximum absolute atomic E-state index is 11.7. The number of aliphatic carboxylic acids is 1. The maximum Gasteiger partial charge on any atom is 0.335 e. The van der Waals surface area contributed by atoms with Crippen LogP contribution in [-0.2, 0) is 9.59 Å². The Kier molecular flexibility index (Phi) is 9.16. The van der Waals surface area contributed by atoms with Gasteiger partial charge in [-0.3, -0.25) is 4.79 Å². The third-order valence-electron chi connectivity index (χ3n) is 3.19. The number of aliphatic hydroxyl groups excluding tert-OH is 4. The van der Waals surface area contributed by atoms with Crippen LogP contribution in [0.4, 0.5) is 0 Å². The minimum Gasteiger partial charge on any atom is -0.479 e. The Morgan fingerprint density at radius 2 is 1.48 bits per heavy atom. The molecule has 124 valence electrons. The summed E-state index contributed by atoms with van der Waals surface area (Å²) in [6, 6.07) is 0. The number of carbonyl (C=O) groups is 2. The Morgan fingerprint density at radius 3 is 2.00 bits per heavy atom. The van der Waals surface area contributed by atoms with Crippen LogP contribution in [0.3, 0.4) is 0 Å². The molecule has 0 aliphatic rings. The second kappa shape index (κ2) is 10.7. The van der Waals surface area contributed by atoms with Crippen LogP contribution < -0.4 is 0 Å². The van der Waals surface area contributed by atoms with Crippen LogP contribution in [0.1, 0.15) is 53.2 Å². The zero-order valence-corrected chi connectivity index (χ0v) is 12.2. The lowest BCUT2D eigenvalue weighted by molar-refractivity contribution is -0.165. The van der Waals surface area contributed by atoms with E-state index in [2.05, 4.69) is 6.92 Å². The molecule has 0 amide bonds. The van der Waals surface area contributed by atoms with Gasteiger partial charge in [-0.2, -0.15) is 0 Å². The smallest absolute Gasteiger partial charge is 0.335 e. The Balaban J connectivity index is 4.31. The van der Waals surface area contributed by atoms with Crippen LogP contribution in [0.15, 0.2) is 0 Å². The third-order valence-corrected chi connectivity index (χ3v) is 3.19. The molecule has 0 aliphatic carbocycles. The highest BCUT2D eigenvalue weighted by molar-refractivity contribution is 5.83. The molecule has 0 radical (unpaired) electrons. The van der Waals surface area contributed by atoms with Gasteiger partial charge in [0.25, 0.3) is 0 Å². The van der Waals surface area contributed by atoms with Crippen LogP contribution >= 0.6 is 0 Å². The predicted octanol–water partition coefficient (Wildman–Crippen LogP) is -0.166. The van der Waals surface area contributed by atoms with E-state index < -0.39 is 42.6 Å². The van der Waals surface area contributed by atoms with Crippen LogP contribution in [0.5, 0.6) is 0 Å². The summed E-state index contributed by atoms with van der Waals surface area (Å²) < 4.78 is 7.71. The number of aliphatic hydroxyl groups is 4. The van der Waals surface area contributed by atoms with Gasteiger partial charge < -0.3 is 25.5 Å². The van der Waals surface area contributed by atoms with E-state index in [0.717, 1.165) is 25.7 Å². The van der Waals surface area contributed by atoms with Gasteiger partial charge in [0, 0.05) is 7.79 Å². The van der Waals surface area contributed by atoms with E-state index in [9.17, 15) is 24.9 Å². The molecule has 0 fully saturated rings. The lowest BCUT2D eigenvalue weighted by atomic mass is 9.97. The molecule has 0 saturated heterocycles. The quantitative estimate of drug-likeness (QED) is 0.316. The van der Waals surface area contributed by atoms with Gasteiger partial charge in [0.2, 0.25) is 0 Å². The van der Waals surface area contributed by atoms with Gasteiger partial charge in [-0.1, -0.05) is 39.0 Å². The van der Waals surface area contributed by atoms with Gasteiger partial charge in [-0.25, -0.2) is 4.79 Å². The van der Waals surface area contributed by atoms with E-state index in [1.165, 1.54) is 0 Å². The fourth-order valence-corrected chi connectivity index (χ4v) is 1.79. The summed E-state index contributed by atoms with van der Waals surface area (Å²) in [5, 5.41) is 46.1.